The molecule has 0 spiro atoms. The summed E-state index contributed by atoms with van der Waals surface area (Å²) in [5, 5.41) is 0.169. The second-order valence-corrected chi connectivity index (χ2v) is 3.21. The number of rotatable bonds is 3. The van der Waals surface area contributed by atoms with E-state index in [1.54, 1.807) is 12.2 Å². The molecule has 0 unspecified atom stereocenters. The number of carbonyl (C=O) groups is 2. The molecule has 2 amide bonds. The number of ether oxygens (including phenoxy) is 1. The van der Waals surface area contributed by atoms with Gasteiger partial charge in [-0.05, 0) is 0 Å². The van der Waals surface area contributed by atoms with E-state index in [0.29, 0.717) is 13.2 Å². The molecule has 0 aliphatic carbocycles. The lowest BCUT2D eigenvalue weighted by molar-refractivity contribution is -0.124. The van der Waals surface area contributed by atoms with Crippen molar-refractivity contribution in [3.63, 3.8) is 0 Å². The SMILES string of the molecule is C=C/C=C\C=C.O=C(CBr)N1CCOC1=O. The fourth-order valence-corrected chi connectivity index (χ4v) is 1.15. The Labute approximate surface area is 103 Å². The first-order chi connectivity index (χ1) is 7.67. The fraction of sp³-hybridized carbons (Fsp3) is 0.273. The van der Waals surface area contributed by atoms with Crippen LogP contribution in [0, 0.1) is 0 Å². The average molecular weight is 288 g/mol. The van der Waals surface area contributed by atoms with E-state index < -0.39 is 6.09 Å². The van der Waals surface area contributed by atoms with E-state index >= 15 is 0 Å². The Morgan fingerprint density at radius 1 is 1.44 bits per heavy atom. The Morgan fingerprint density at radius 3 is 2.31 bits per heavy atom. The van der Waals surface area contributed by atoms with Gasteiger partial charge in [0.2, 0.25) is 5.91 Å². The molecule has 0 N–H and O–H groups in total. The zero-order valence-electron chi connectivity index (χ0n) is 8.89. The van der Waals surface area contributed by atoms with Crippen LogP contribution in [0.4, 0.5) is 4.79 Å². The average Bonchev–Trinajstić information content (AvgIpc) is 2.72. The standard InChI is InChI=1S/C6H8.C5H6BrNO3/c1-3-5-6-4-2;6-3-4(8)7-1-2-10-5(7)9/h3-6H,1-2H2;1-3H2/b6-5-;. The highest BCUT2D eigenvalue weighted by atomic mass is 79.9. The van der Waals surface area contributed by atoms with Gasteiger partial charge in [-0.1, -0.05) is 53.4 Å². The van der Waals surface area contributed by atoms with Gasteiger partial charge >= 0.3 is 6.09 Å². The van der Waals surface area contributed by atoms with E-state index in [2.05, 4.69) is 33.8 Å². The predicted molar refractivity (Wildman–Crippen MR) is 66.4 cm³/mol. The van der Waals surface area contributed by atoms with Crippen LogP contribution in [0.25, 0.3) is 0 Å². The molecule has 1 rings (SSSR count). The molecule has 0 aromatic carbocycles. The second kappa shape index (κ2) is 8.91. The number of allylic oxidation sites excluding steroid dienone is 4. The van der Waals surface area contributed by atoms with Crippen LogP contribution in [0.15, 0.2) is 37.5 Å². The number of amides is 2. The predicted octanol–water partition coefficient (Wildman–Crippen LogP) is 2.27. The summed E-state index contributed by atoms with van der Waals surface area (Å²) in [6, 6.07) is 0. The first-order valence-electron chi connectivity index (χ1n) is 4.60. The van der Waals surface area contributed by atoms with Gasteiger partial charge in [-0.3, -0.25) is 4.79 Å². The number of alkyl halides is 1. The van der Waals surface area contributed by atoms with E-state index in [1.165, 1.54) is 0 Å². The monoisotopic (exact) mass is 287 g/mol. The van der Waals surface area contributed by atoms with Gasteiger partial charge in [0.25, 0.3) is 0 Å². The van der Waals surface area contributed by atoms with Crippen LogP contribution in [-0.4, -0.2) is 35.4 Å². The van der Waals surface area contributed by atoms with Gasteiger partial charge in [0.15, 0.2) is 0 Å². The highest BCUT2D eigenvalue weighted by Gasteiger charge is 2.26. The van der Waals surface area contributed by atoms with Crippen LogP contribution in [-0.2, 0) is 9.53 Å². The van der Waals surface area contributed by atoms with E-state index in [4.69, 9.17) is 0 Å². The summed E-state index contributed by atoms with van der Waals surface area (Å²) in [5.74, 6) is -0.248. The summed E-state index contributed by atoms with van der Waals surface area (Å²) < 4.78 is 4.53. The molecule has 5 heteroatoms. The van der Waals surface area contributed by atoms with Gasteiger partial charge < -0.3 is 4.74 Å². The van der Waals surface area contributed by atoms with Crippen molar-refractivity contribution in [1.82, 2.24) is 4.90 Å². The van der Waals surface area contributed by atoms with Crippen molar-refractivity contribution in [2.75, 3.05) is 18.5 Å². The van der Waals surface area contributed by atoms with Crippen molar-refractivity contribution in [2.45, 2.75) is 0 Å². The molecule has 1 heterocycles. The molecule has 0 atom stereocenters. The van der Waals surface area contributed by atoms with Crippen LogP contribution in [0.2, 0.25) is 0 Å². The third-order valence-corrected chi connectivity index (χ3v) is 2.04. The number of imide groups is 1. The van der Waals surface area contributed by atoms with Gasteiger partial charge in [-0.25, -0.2) is 9.69 Å². The van der Waals surface area contributed by atoms with Gasteiger partial charge in [-0.2, -0.15) is 0 Å². The Balaban J connectivity index is 0.000000325. The fourth-order valence-electron chi connectivity index (χ4n) is 0.849. The van der Waals surface area contributed by atoms with Crippen LogP contribution in [0.1, 0.15) is 0 Å². The molecular formula is C11H14BrNO3. The van der Waals surface area contributed by atoms with Crippen molar-refractivity contribution in [3.8, 4) is 0 Å². The Kier molecular flexibility index (Phi) is 8.15. The van der Waals surface area contributed by atoms with Crippen LogP contribution in [0.3, 0.4) is 0 Å². The summed E-state index contributed by atoms with van der Waals surface area (Å²) in [7, 11) is 0. The Hall–Kier alpha value is -1.36. The minimum absolute atomic E-state index is 0.169. The lowest BCUT2D eigenvalue weighted by Crippen LogP contribution is -2.32. The van der Waals surface area contributed by atoms with E-state index in [-0.39, 0.29) is 11.2 Å². The molecule has 4 nitrogen and oxygen atoms in total. The molecule has 0 aromatic heterocycles. The smallest absolute Gasteiger partial charge is 0.416 e. The Morgan fingerprint density at radius 2 is 2.00 bits per heavy atom. The van der Waals surface area contributed by atoms with Crippen molar-refractivity contribution < 1.29 is 14.3 Å². The molecule has 0 radical (unpaired) electrons. The molecule has 1 saturated heterocycles. The summed E-state index contributed by atoms with van der Waals surface area (Å²) in [4.78, 5) is 22.5. The summed E-state index contributed by atoms with van der Waals surface area (Å²) in [5.41, 5.74) is 0. The maximum Gasteiger partial charge on any atom is 0.416 e. The minimum Gasteiger partial charge on any atom is -0.447 e. The molecule has 1 aliphatic heterocycles. The normalized spacial score (nSPS) is 14.1. The van der Waals surface area contributed by atoms with E-state index in [9.17, 15) is 9.59 Å². The highest BCUT2D eigenvalue weighted by molar-refractivity contribution is 9.09. The van der Waals surface area contributed by atoms with Crippen LogP contribution >= 0.6 is 15.9 Å². The lowest BCUT2D eigenvalue weighted by Gasteiger charge is -2.06. The zero-order valence-corrected chi connectivity index (χ0v) is 10.5. The van der Waals surface area contributed by atoms with E-state index in [1.807, 2.05) is 12.2 Å². The number of halogens is 1. The molecule has 16 heavy (non-hydrogen) atoms. The maximum atomic E-state index is 10.8. The molecule has 0 aromatic rings. The van der Waals surface area contributed by atoms with Crippen molar-refractivity contribution in [1.29, 1.82) is 0 Å². The molecular weight excluding hydrogens is 274 g/mol. The topological polar surface area (TPSA) is 46.6 Å². The highest BCUT2D eigenvalue weighted by Crippen LogP contribution is 2.04. The maximum absolute atomic E-state index is 10.8. The Bertz CT molecular complexity index is 290. The van der Waals surface area contributed by atoms with Crippen molar-refractivity contribution in [2.24, 2.45) is 0 Å². The number of hydrogen-bond acceptors (Lipinski definition) is 3. The summed E-state index contributed by atoms with van der Waals surface area (Å²) >= 11 is 2.95. The first-order valence-corrected chi connectivity index (χ1v) is 5.72. The molecule has 88 valence electrons. The van der Waals surface area contributed by atoms with Gasteiger partial charge in [-0.15, -0.1) is 0 Å². The van der Waals surface area contributed by atoms with Crippen molar-refractivity contribution >= 4 is 27.9 Å². The van der Waals surface area contributed by atoms with E-state index in [0.717, 1.165) is 4.90 Å². The zero-order chi connectivity index (χ0) is 12.4. The van der Waals surface area contributed by atoms with Gasteiger partial charge in [0, 0.05) is 0 Å². The molecule has 1 aliphatic rings. The quantitative estimate of drug-likeness (QED) is 0.591. The largest absolute Gasteiger partial charge is 0.447 e. The molecule has 0 bridgehead atoms. The number of hydrogen-bond donors (Lipinski definition) is 0. The van der Waals surface area contributed by atoms with Crippen molar-refractivity contribution in [3.05, 3.63) is 37.5 Å². The summed E-state index contributed by atoms with van der Waals surface area (Å²) in [6.07, 6.45) is 6.54. The second-order valence-electron chi connectivity index (χ2n) is 2.65. The van der Waals surface area contributed by atoms with Gasteiger partial charge in [0.05, 0.1) is 11.9 Å². The lowest BCUT2D eigenvalue weighted by atomic mass is 10.5. The third-order valence-electron chi connectivity index (χ3n) is 1.56. The number of nitrogens with zero attached hydrogens (tertiary/aromatic N) is 1. The summed E-state index contributed by atoms with van der Waals surface area (Å²) in [6.45, 7) is 7.62. The van der Waals surface area contributed by atoms with Crippen LogP contribution < -0.4 is 0 Å². The first kappa shape index (κ1) is 14.6. The number of carbonyl (C=O) groups excluding carboxylic acids is 2. The molecule has 1 fully saturated rings. The van der Waals surface area contributed by atoms with Crippen LogP contribution in [0.5, 0.6) is 0 Å². The minimum atomic E-state index is -0.538. The molecule has 0 saturated carbocycles. The number of cyclic esters (lactones) is 1. The third kappa shape index (κ3) is 5.50. The van der Waals surface area contributed by atoms with Gasteiger partial charge in [0.1, 0.15) is 6.61 Å².